The predicted octanol–water partition coefficient (Wildman–Crippen LogP) is 12.5. The van der Waals surface area contributed by atoms with Crippen molar-refractivity contribution in [1.82, 2.24) is 0 Å². The first-order chi connectivity index (χ1) is 18.2. The molecule has 0 saturated carbocycles. The normalized spacial score (nSPS) is 13.1. The zero-order chi connectivity index (χ0) is 28.6. The molecule has 0 bridgehead atoms. The number of aryl methyl sites for hydroxylation is 1. The summed E-state index contributed by atoms with van der Waals surface area (Å²) in [4.78, 5) is 0. The Hall–Kier alpha value is -2.12. The Morgan fingerprint density at radius 2 is 1.18 bits per heavy atom. The first-order valence-electron chi connectivity index (χ1n) is 15.4. The monoisotopic (exact) mass is 540 g/mol. The molecular weight excluding hydrogens is 488 g/mol. The third-order valence-corrected chi connectivity index (χ3v) is 9.46. The fourth-order valence-corrected chi connectivity index (χ4v) is 7.07. The van der Waals surface area contributed by atoms with Gasteiger partial charge < -0.3 is 0 Å². The van der Waals surface area contributed by atoms with Crippen LogP contribution in [0.2, 0.25) is 0 Å². The average Bonchev–Trinajstić information content (AvgIpc) is 3.23. The molecular formula is C38H52S. The molecule has 39 heavy (non-hydrogen) atoms. The molecule has 1 heterocycles. The van der Waals surface area contributed by atoms with Gasteiger partial charge in [-0.05, 0) is 74.6 Å². The first kappa shape index (κ1) is 29.9. The van der Waals surface area contributed by atoms with E-state index in [0.717, 1.165) is 0 Å². The molecule has 3 aromatic carbocycles. The van der Waals surface area contributed by atoms with Gasteiger partial charge in [-0.15, -0.1) is 11.3 Å². The molecule has 0 aliphatic carbocycles. The van der Waals surface area contributed by atoms with E-state index in [4.69, 9.17) is 0 Å². The summed E-state index contributed by atoms with van der Waals surface area (Å²) in [7, 11) is 0. The molecule has 4 aromatic rings. The Labute approximate surface area is 243 Å². The molecule has 0 aliphatic heterocycles. The summed E-state index contributed by atoms with van der Waals surface area (Å²) >= 11 is 1.97. The van der Waals surface area contributed by atoms with Crippen molar-refractivity contribution in [2.75, 3.05) is 0 Å². The van der Waals surface area contributed by atoms with E-state index in [1.165, 1.54) is 92.9 Å². The zero-order valence-electron chi connectivity index (χ0n) is 26.5. The van der Waals surface area contributed by atoms with Gasteiger partial charge in [-0.3, -0.25) is 0 Å². The number of hydrogen-bond acceptors (Lipinski definition) is 1. The molecule has 1 heteroatoms. The highest BCUT2D eigenvalue weighted by Crippen LogP contribution is 2.45. The summed E-state index contributed by atoms with van der Waals surface area (Å²) in [6.45, 7) is 23.5. The van der Waals surface area contributed by atoms with E-state index in [0.29, 0.717) is 0 Å². The van der Waals surface area contributed by atoms with E-state index in [9.17, 15) is 0 Å². The van der Waals surface area contributed by atoms with Crippen LogP contribution in [0.3, 0.4) is 0 Å². The Morgan fingerprint density at radius 1 is 0.590 bits per heavy atom. The van der Waals surface area contributed by atoms with Crippen molar-refractivity contribution in [2.24, 2.45) is 0 Å². The van der Waals surface area contributed by atoms with Gasteiger partial charge in [0.1, 0.15) is 0 Å². The maximum Gasteiger partial charge on any atom is 0.0361 e. The van der Waals surface area contributed by atoms with Crippen molar-refractivity contribution in [2.45, 2.75) is 130 Å². The molecule has 0 nitrogen and oxygen atoms in total. The average molecular weight is 541 g/mol. The first-order valence-corrected chi connectivity index (χ1v) is 16.2. The quantitative estimate of drug-likeness (QED) is 0.195. The van der Waals surface area contributed by atoms with Crippen molar-refractivity contribution in [3.63, 3.8) is 0 Å². The van der Waals surface area contributed by atoms with Crippen LogP contribution in [0, 0.1) is 0 Å². The minimum Gasteiger partial charge on any atom is -0.135 e. The molecule has 0 atom stereocenters. The van der Waals surface area contributed by atoms with E-state index in [-0.39, 0.29) is 16.2 Å². The lowest BCUT2D eigenvalue weighted by molar-refractivity contribution is 0.569. The molecule has 0 N–H and O–H groups in total. The fraction of sp³-hybridized carbons (Fsp3) is 0.526. The van der Waals surface area contributed by atoms with Crippen molar-refractivity contribution >= 4 is 31.5 Å². The third-order valence-electron chi connectivity index (χ3n) is 8.34. The summed E-state index contributed by atoms with van der Waals surface area (Å²) < 4.78 is 2.85. The van der Waals surface area contributed by atoms with Gasteiger partial charge in [0.15, 0.2) is 0 Å². The molecule has 0 amide bonds. The maximum absolute atomic E-state index is 2.47. The van der Waals surface area contributed by atoms with Crippen LogP contribution in [0.25, 0.3) is 31.3 Å². The van der Waals surface area contributed by atoms with Gasteiger partial charge in [-0.2, -0.15) is 0 Å². The van der Waals surface area contributed by atoms with Crippen molar-refractivity contribution in [3.05, 3.63) is 70.8 Å². The Morgan fingerprint density at radius 3 is 1.77 bits per heavy atom. The number of hydrogen-bond donors (Lipinski definition) is 0. The summed E-state index contributed by atoms with van der Waals surface area (Å²) in [5.74, 6) is 0. The van der Waals surface area contributed by atoms with Crippen molar-refractivity contribution in [1.29, 1.82) is 0 Å². The lowest BCUT2D eigenvalue weighted by atomic mass is 9.78. The van der Waals surface area contributed by atoms with Crippen molar-refractivity contribution < 1.29 is 0 Å². The summed E-state index contributed by atoms with van der Waals surface area (Å²) in [6.07, 6.45) is 9.19. The Balaban J connectivity index is 1.96. The number of fused-ring (bicyclic) bond motifs is 3. The second kappa shape index (κ2) is 11.4. The molecule has 0 spiro atoms. The molecule has 0 fully saturated rings. The molecule has 0 aliphatic rings. The van der Waals surface area contributed by atoms with E-state index in [1.807, 2.05) is 11.3 Å². The highest BCUT2D eigenvalue weighted by Gasteiger charge is 2.25. The molecule has 210 valence electrons. The van der Waals surface area contributed by atoms with Crippen LogP contribution in [0.15, 0.2) is 48.5 Å². The van der Waals surface area contributed by atoms with E-state index >= 15 is 0 Å². The van der Waals surface area contributed by atoms with Gasteiger partial charge in [-0.1, -0.05) is 138 Å². The highest BCUT2D eigenvalue weighted by molar-refractivity contribution is 7.26. The largest absolute Gasteiger partial charge is 0.135 e. The minimum absolute atomic E-state index is 0.100. The smallest absolute Gasteiger partial charge is 0.0361 e. The van der Waals surface area contributed by atoms with Gasteiger partial charge in [0, 0.05) is 20.2 Å². The minimum atomic E-state index is 0.100. The van der Waals surface area contributed by atoms with Gasteiger partial charge in [0.25, 0.3) is 0 Å². The molecule has 0 radical (unpaired) electrons. The van der Waals surface area contributed by atoms with Crippen molar-refractivity contribution in [3.8, 4) is 11.1 Å². The van der Waals surface area contributed by atoms with Crippen LogP contribution in [0.1, 0.15) is 130 Å². The summed E-state index contributed by atoms with van der Waals surface area (Å²) in [6, 6.07) is 19.2. The van der Waals surface area contributed by atoms with E-state index in [2.05, 4.69) is 118 Å². The van der Waals surface area contributed by atoms with Crippen LogP contribution in [0.5, 0.6) is 0 Å². The standard InChI is InChI=1S/C38H52S/c1-11-12-13-14-15-16-18-30-31(38(8,9)10)21-22-33-35(30)34-29(19-17-20-32(34)39-33)26-23-27(36(2,3)4)25-28(24-26)37(5,6)7/h17,19-25H,11-16,18H2,1-10H3. The number of rotatable bonds is 8. The molecule has 1 aromatic heterocycles. The topological polar surface area (TPSA) is 0 Å². The SMILES string of the molecule is CCCCCCCCc1c(C(C)(C)C)ccc2sc3cccc(-c4cc(C(C)(C)C)cc(C(C)(C)C)c4)c3c12. The zero-order valence-corrected chi connectivity index (χ0v) is 27.3. The Kier molecular flexibility index (Phi) is 8.73. The van der Waals surface area contributed by atoms with E-state index < -0.39 is 0 Å². The van der Waals surface area contributed by atoms with Crippen LogP contribution in [-0.2, 0) is 22.7 Å². The summed E-state index contributed by atoms with van der Waals surface area (Å²) in [5.41, 5.74) is 9.05. The summed E-state index contributed by atoms with van der Waals surface area (Å²) in [5, 5.41) is 2.99. The number of unbranched alkanes of at least 4 members (excludes halogenated alkanes) is 5. The van der Waals surface area contributed by atoms with Crippen LogP contribution < -0.4 is 0 Å². The van der Waals surface area contributed by atoms with Gasteiger partial charge >= 0.3 is 0 Å². The van der Waals surface area contributed by atoms with Crippen LogP contribution in [0.4, 0.5) is 0 Å². The second-order valence-electron chi connectivity index (χ2n) is 14.8. The second-order valence-corrected chi connectivity index (χ2v) is 15.9. The number of benzene rings is 3. The fourth-order valence-electron chi connectivity index (χ4n) is 5.91. The van der Waals surface area contributed by atoms with Gasteiger partial charge in [0.05, 0.1) is 0 Å². The number of thiophene rings is 1. The van der Waals surface area contributed by atoms with Gasteiger partial charge in [-0.25, -0.2) is 0 Å². The predicted molar refractivity (Wildman–Crippen MR) is 178 cm³/mol. The highest BCUT2D eigenvalue weighted by atomic mass is 32.1. The lowest BCUT2D eigenvalue weighted by Crippen LogP contribution is -2.16. The molecule has 0 saturated heterocycles. The maximum atomic E-state index is 2.47. The Bertz CT molecular complexity index is 1390. The third kappa shape index (κ3) is 6.62. The van der Waals surface area contributed by atoms with E-state index in [1.54, 1.807) is 5.56 Å². The van der Waals surface area contributed by atoms with Crippen LogP contribution in [-0.4, -0.2) is 0 Å². The van der Waals surface area contributed by atoms with Gasteiger partial charge in [0.2, 0.25) is 0 Å². The molecule has 0 unspecified atom stereocenters. The van der Waals surface area contributed by atoms with Crippen LogP contribution >= 0.6 is 11.3 Å². The lowest BCUT2D eigenvalue weighted by Gasteiger charge is -2.27. The molecule has 4 rings (SSSR count).